The maximum atomic E-state index is 11.6. The van der Waals surface area contributed by atoms with Crippen molar-refractivity contribution in [2.75, 3.05) is 13.2 Å². The first kappa shape index (κ1) is 25.7. The third kappa shape index (κ3) is 4.23. The Labute approximate surface area is 244 Å². The molecule has 0 bridgehead atoms. The molecule has 0 radical (unpaired) electrons. The van der Waals surface area contributed by atoms with E-state index in [-0.39, 0.29) is 13.2 Å². The summed E-state index contributed by atoms with van der Waals surface area (Å²) in [5.41, 5.74) is 4.33. The van der Waals surface area contributed by atoms with E-state index < -0.39 is 11.2 Å². The first-order valence-corrected chi connectivity index (χ1v) is 13.8. The van der Waals surface area contributed by atoms with Crippen LogP contribution in [0.2, 0.25) is 0 Å². The summed E-state index contributed by atoms with van der Waals surface area (Å²) in [6.07, 6.45) is 0. The molecule has 0 aromatic heterocycles. The van der Waals surface area contributed by atoms with Crippen LogP contribution in [0, 0.1) is 23.7 Å². The van der Waals surface area contributed by atoms with Crippen molar-refractivity contribution in [3.05, 3.63) is 144 Å². The van der Waals surface area contributed by atoms with E-state index in [4.69, 9.17) is 9.47 Å². The van der Waals surface area contributed by atoms with Crippen LogP contribution in [0.25, 0.3) is 22.3 Å². The van der Waals surface area contributed by atoms with Crippen molar-refractivity contribution in [3.8, 4) is 57.4 Å². The number of fused-ring (bicyclic) bond motifs is 6. The highest BCUT2D eigenvalue weighted by Crippen LogP contribution is 2.48. The lowest BCUT2D eigenvalue weighted by Crippen LogP contribution is -2.22. The fourth-order valence-corrected chi connectivity index (χ4v) is 5.91. The minimum atomic E-state index is -1.38. The molecular formula is C38H26O4. The van der Waals surface area contributed by atoms with E-state index in [0.29, 0.717) is 11.5 Å². The molecule has 0 amide bonds. The fraction of sp³-hybridized carbons (Fsp3) is 0.105. The van der Waals surface area contributed by atoms with E-state index in [0.717, 1.165) is 44.5 Å². The molecule has 4 heteroatoms. The molecule has 5 aromatic carbocycles. The van der Waals surface area contributed by atoms with Gasteiger partial charge in [-0.3, -0.25) is 0 Å². The summed E-state index contributed by atoms with van der Waals surface area (Å²) in [6.45, 7) is 0.198. The lowest BCUT2D eigenvalue weighted by molar-refractivity contribution is 0.149. The monoisotopic (exact) mass is 546 g/mol. The zero-order valence-corrected chi connectivity index (χ0v) is 22.7. The molecule has 5 aromatic rings. The minimum Gasteiger partial charge on any atom is -0.481 e. The van der Waals surface area contributed by atoms with E-state index in [1.807, 2.05) is 115 Å². The molecule has 2 N–H and O–H groups in total. The van der Waals surface area contributed by atoms with E-state index >= 15 is 0 Å². The topological polar surface area (TPSA) is 58.9 Å². The van der Waals surface area contributed by atoms with Gasteiger partial charge in [0, 0.05) is 28.3 Å². The van der Waals surface area contributed by atoms with Gasteiger partial charge in [-0.05, 0) is 34.4 Å². The van der Waals surface area contributed by atoms with Gasteiger partial charge in [0.05, 0.1) is 0 Å². The molecule has 2 aliphatic carbocycles. The lowest BCUT2D eigenvalue weighted by Gasteiger charge is -2.19. The Morgan fingerprint density at radius 1 is 0.452 bits per heavy atom. The highest BCUT2D eigenvalue weighted by atomic mass is 16.5. The van der Waals surface area contributed by atoms with Crippen LogP contribution in [-0.2, 0) is 11.2 Å². The van der Waals surface area contributed by atoms with Crippen LogP contribution < -0.4 is 9.47 Å². The highest BCUT2D eigenvalue weighted by molar-refractivity contribution is 5.83. The predicted molar refractivity (Wildman–Crippen MR) is 163 cm³/mol. The molecule has 0 spiro atoms. The van der Waals surface area contributed by atoms with Crippen molar-refractivity contribution in [2.24, 2.45) is 0 Å². The van der Waals surface area contributed by atoms with E-state index in [1.165, 1.54) is 0 Å². The largest absolute Gasteiger partial charge is 0.481 e. The fourth-order valence-electron chi connectivity index (χ4n) is 5.91. The van der Waals surface area contributed by atoms with Crippen LogP contribution in [0.15, 0.2) is 121 Å². The number of ether oxygens (including phenoxy) is 2. The third-order valence-corrected chi connectivity index (χ3v) is 7.81. The summed E-state index contributed by atoms with van der Waals surface area (Å²) < 4.78 is 11.7. The number of hydrogen-bond donors (Lipinski definition) is 2. The second-order valence-electron chi connectivity index (χ2n) is 10.3. The molecule has 0 unspecified atom stereocenters. The molecule has 42 heavy (non-hydrogen) atoms. The molecule has 0 saturated carbocycles. The summed E-state index contributed by atoms with van der Waals surface area (Å²) in [4.78, 5) is 0. The van der Waals surface area contributed by atoms with Crippen LogP contribution in [0.4, 0.5) is 0 Å². The maximum Gasteiger partial charge on any atom is 0.178 e. The Kier molecular flexibility index (Phi) is 6.30. The van der Waals surface area contributed by atoms with Crippen molar-refractivity contribution >= 4 is 0 Å². The van der Waals surface area contributed by atoms with Gasteiger partial charge >= 0.3 is 0 Å². The van der Waals surface area contributed by atoms with Crippen molar-refractivity contribution < 1.29 is 19.7 Å². The Balaban J connectivity index is 1.03. The average Bonchev–Trinajstić information content (AvgIpc) is 3.45. The number of aliphatic hydroxyl groups is 2. The number of hydrogen-bond acceptors (Lipinski definition) is 4. The summed E-state index contributed by atoms with van der Waals surface area (Å²) in [6, 6.07) is 38.4. The Morgan fingerprint density at radius 3 is 1.14 bits per heavy atom. The van der Waals surface area contributed by atoms with Gasteiger partial charge in [0.1, 0.15) is 24.7 Å². The number of benzene rings is 5. The molecule has 0 heterocycles. The molecule has 4 nitrogen and oxygen atoms in total. The normalized spacial score (nSPS) is 14.1. The third-order valence-electron chi connectivity index (χ3n) is 7.81. The summed E-state index contributed by atoms with van der Waals surface area (Å²) in [7, 11) is 0. The van der Waals surface area contributed by atoms with E-state index in [9.17, 15) is 10.2 Å². The van der Waals surface area contributed by atoms with Crippen LogP contribution >= 0.6 is 0 Å². The first-order valence-electron chi connectivity index (χ1n) is 13.8. The summed E-state index contributed by atoms with van der Waals surface area (Å²) in [5.74, 6) is 13.3. The first-order chi connectivity index (χ1) is 20.6. The molecular weight excluding hydrogens is 520 g/mol. The Hall–Kier alpha value is -5.26. The van der Waals surface area contributed by atoms with Gasteiger partial charge in [-0.2, -0.15) is 0 Å². The predicted octanol–water partition coefficient (Wildman–Crippen LogP) is 6.28. The number of rotatable bonds is 4. The standard InChI is InChI=1S/C38H26O4/c39-37(33-18-5-1-14-29(33)30-15-2-6-19-34(30)37)22-10-24-41-27-12-9-13-28(26-27)42-25-11-23-38(40)35-20-7-3-16-31(35)32-17-4-8-21-36(32)38/h1-9,12-21,26,39-40H,24-25H2. The van der Waals surface area contributed by atoms with Gasteiger partial charge in [-0.25, -0.2) is 0 Å². The van der Waals surface area contributed by atoms with Crippen molar-refractivity contribution in [1.82, 2.24) is 0 Å². The van der Waals surface area contributed by atoms with Crippen molar-refractivity contribution in [2.45, 2.75) is 11.2 Å². The minimum absolute atomic E-state index is 0.0990. The molecule has 0 fully saturated rings. The van der Waals surface area contributed by atoms with Gasteiger partial charge in [0.2, 0.25) is 0 Å². The highest BCUT2D eigenvalue weighted by Gasteiger charge is 2.41. The van der Waals surface area contributed by atoms with Gasteiger partial charge in [0.25, 0.3) is 0 Å². The van der Waals surface area contributed by atoms with Crippen LogP contribution in [-0.4, -0.2) is 23.4 Å². The molecule has 0 saturated heterocycles. The molecule has 0 atom stereocenters. The van der Waals surface area contributed by atoms with Gasteiger partial charge in [-0.1, -0.05) is 127 Å². The van der Waals surface area contributed by atoms with E-state index in [2.05, 4.69) is 23.7 Å². The second-order valence-corrected chi connectivity index (χ2v) is 10.3. The van der Waals surface area contributed by atoms with Crippen LogP contribution in [0.5, 0.6) is 11.5 Å². The summed E-state index contributed by atoms with van der Waals surface area (Å²) in [5, 5.41) is 23.2. The second kappa shape index (κ2) is 10.3. The van der Waals surface area contributed by atoms with Crippen molar-refractivity contribution in [3.63, 3.8) is 0 Å². The lowest BCUT2D eigenvalue weighted by atomic mass is 9.92. The van der Waals surface area contributed by atoms with Gasteiger partial charge in [0.15, 0.2) is 11.2 Å². The molecule has 2 aliphatic rings. The summed E-state index contributed by atoms with van der Waals surface area (Å²) >= 11 is 0. The van der Waals surface area contributed by atoms with Gasteiger partial charge < -0.3 is 19.7 Å². The zero-order chi connectivity index (χ0) is 28.6. The van der Waals surface area contributed by atoms with Gasteiger partial charge in [-0.15, -0.1) is 0 Å². The Morgan fingerprint density at radius 2 is 0.786 bits per heavy atom. The Bertz CT molecular complexity index is 1720. The molecule has 202 valence electrons. The molecule has 7 rings (SSSR count). The SMILES string of the molecule is OC1(C#CCOc2cccc(OCC#CC3(O)c4ccccc4-c4ccccc43)c2)c2ccccc2-c2ccccc21. The van der Waals surface area contributed by atoms with E-state index in [1.54, 1.807) is 6.07 Å². The maximum absolute atomic E-state index is 11.6. The zero-order valence-electron chi connectivity index (χ0n) is 22.7. The quantitative estimate of drug-likeness (QED) is 0.261. The smallest absolute Gasteiger partial charge is 0.178 e. The van der Waals surface area contributed by atoms with Crippen LogP contribution in [0.1, 0.15) is 22.3 Å². The average molecular weight is 547 g/mol. The molecule has 0 aliphatic heterocycles. The van der Waals surface area contributed by atoms with Crippen molar-refractivity contribution in [1.29, 1.82) is 0 Å². The van der Waals surface area contributed by atoms with Crippen LogP contribution in [0.3, 0.4) is 0 Å².